The highest BCUT2D eigenvalue weighted by Crippen LogP contribution is 1.69. The molecule has 0 atom stereocenters. The molecule has 0 aliphatic carbocycles. The molecule has 0 aliphatic heterocycles. The van der Waals surface area contributed by atoms with Crippen LogP contribution in [0.4, 0.5) is 0 Å². The van der Waals surface area contributed by atoms with E-state index in [0.29, 0.717) is 0 Å². The Hall–Kier alpha value is -1.61. The molecule has 0 rings (SSSR count). The van der Waals surface area contributed by atoms with Gasteiger partial charge in [-0.15, -0.1) is 0 Å². The smallest absolute Gasteiger partial charge is 0.332 e. The van der Waals surface area contributed by atoms with E-state index in [4.69, 9.17) is 5.26 Å². The van der Waals surface area contributed by atoms with Crippen molar-refractivity contribution in [1.29, 1.82) is 5.26 Å². The Labute approximate surface area is 69.4 Å². The van der Waals surface area contributed by atoms with E-state index in [1.165, 1.54) is 0 Å². The fourth-order valence-corrected chi connectivity index (χ4v) is 0.384. The predicted octanol–water partition coefficient (Wildman–Crippen LogP) is -1.31. The highest BCUT2D eigenvalue weighted by molar-refractivity contribution is 6.34. The molecule has 0 radical (unpaired) electrons. The van der Waals surface area contributed by atoms with Crippen LogP contribution in [0, 0.1) is 11.3 Å². The first-order valence-electron chi connectivity index (χ1n) is 3.29. The van der Waals surface area contributed by atoms with E-state index in [0.717, 1.165) is 0 Å². The van der Waals surface area contributed by atoms with Crippen molar-refractivity contribution < 1.29 is 14.4 Å². The second kappa shape index (κ2) is 6.12. The molecule has 12 heavy (non-hydrogen) atoms. The summed E-state index contributed by atoms with van der Waals surface area (Å²) >= 11 is 0. The molecule has 0 saturated carbocycles. The van der Waals surface area contributed by atoms with Crippen molar-refractivity contribution in [3.63, 3.8) is 0 Å². The van der Waals surface area contributed by atoms with Gasteiger partial charge in [0, 0.05) is 0 Å². The van der Waals surface area contributed by atoms with Gasteiger partial charge in [0.2, 0.25) is 0 Å². The van der Waals surface area contributed by atoms with Crippen molar-refractivity contribution in [2.24, 2.45) is 0 Å². The zero-order chi connectivity index (χ0) is 9.40. The number of hydrogen-bond donors (Lipinski definition) is 2. The fraction of sp³-hybridized carbons (Fsp3) is 0.500. The van der Waals surface area contributed by atoms with E-state index >= 15 is 0 Å². The quantitative estimate of drug-likeness (QED) is 0.313. The summed E-state index contributed by atoms with van der Waals surface area (Å²) in [5.74, 6) is -1.79. The van der Waals surface area contributed by atoms with Crippen molar-refractivity contribution in [3.05, 3.63) is 0 Å². The van der Waals surface area contributed by atoms with E-state index in [-0.39, 0.29) is 13.2 Å². The number of amides is 2. The summed E-state index contributed by atoms with van der Waals surface area (Å²) < 4.78 is 0. The van der Waals surface area contributed by atoms with Crippen molar-refractivity contribution in [1.82, 2.24) is 10.8 Å². The summed E-state index contributed by atoms with van der Waals surface area (Å²) in [6.07, 6.45) is 0. The lowest BCUT2D eigenvalue weighted by Gasteiger charge is -2.01. The third-order valence-corrected chi connectivity index (χ3v) is 0.843. The second-order valence-electron chi connectivity index (χ2n) is 1.70. The molecule has 6 heteroatoms. The lowest BCUT2D eigenvalue weighted by Crippen LogP contribution is -2.39. The lowest BCUT2D eigenvalue weighted by atomic mass is 10.5. The minimum atomic E-state index is -0.910. The molecule has 0 spiro atoms. The van der Waals surface area contributed by atoms with Crippen LogP contribution < -0.4 is 10.8 Å². The third kappa shape index (κ3) is 4.24. The number of nitrogens with zero attached hydrogens (tertiary/aromatic N) is 1. The van der Waals surface area contributed by atoms with Crippen molar-refractivity contribution in [3.8, 4) is 6.07 Å². The summed E-state index contributed by atoms with van der Waals surface area (Å²) in [7, 11) is 0. The Bertz CT molecular complexity index is 209. The maximum absolute atomic E-state index is 10.7. The second-order valence-corrected chi connectivity index (χ2v) is 1.70. The topological polar surface area (TPSA) is 91.2 Å². The van der Waals surface area contributed by atoms with Crippen LogP contribution in [-0.2, 0) is 14.4 Å². The normalized spacial score (nSPS) is 8.33. The summed E-state index contributed by atoms with van der Waals surface area (Å²) in [5.41, 5.74) is 1.88. The number of carbonyl (C=O) groups excluding carboxylic acids is 2. The van der Waals surface area contributed by atoms with Crippen LogP contribution in [0.3, 0.4) is 0 Å². The molecule has 0 aliphatic rings. The van der Waals surface area contributed by atoms with Gasteiger partial charge in [-0.05, 0) is 6.92 Å². The highest BCUT2D eigenvalue weighted by atomic mass is 16.6. The first kappa shape index (κ1) is 10.4. The van der Waals surface area contributed by atoms with Crippen LogP contribution in [0.5, 0.6) is 0 Å². The number of carbonyl (C=O) groups is 2. The van der Waals surface area contributed by atoms with Crippen molar-refractivity contribution in [2.45, 2.75) is 6.92 Å². The van der Waals surface area contributed by atoms with Gasteiger partial charge in [-0.1, -0.05) is 0 Å². The van der Waals surface area contributed by atoms with Crippen LogP contribution in [0.15, 0.2) is 0 Å². The maximum Gasteiger partial charge on any atom is 0.332 e. The molecule has 0 unspecified atom stereocenters. The molecule has 0 aromatic heterocycles. The number of hydrogen-bond acceptors (Lipinski definition) is 4. The van der Waals surface area contributed by atoms with Gasteiger partial charge in [0.1, 0.15) is 6.54 Å². The Morgan fingerprint density at radius 1 is 1.50 bits per heavy atom. The number of nitriles is 1. The molecule has 6 nitrogen and oxygen atoms in total. The van der Waals surface area contributed by atoms with Gasteiger partial charge in [-0.2, -0.15) is 5.26 Å². The van der Waals surface area contributed by atoms with Crippen LogP contribution in [-0.4, -0.2) is 25.0 Å². The van der Waals surface area contributed by atoms with Crippen molar-refractivity contribution in [2.75, 3.05) is 13.2 Å². The van der Waals surface area contributed by atoms with Gasteiger partial charge in [0.25, 0.3) is 0 Å². The molecular weight excluding hydrogens is 162 g/mol. The molecule has 0 fully saturated rings. The van der Waals surface area contributed by atoms with Gasteiger partial charge in [0.15, 0.2) is 0 Å². The lowest BCUT2D eigenvalue weighted by molar-refractivity contribution is -0.146. The summed E-state index contributed by atoms with van der Waals surface area (Å²) in [4.78, 5) is 25.8. The molecule has 2 N–H and O–H groups in total. The van der Waals surface area contributed by atoms with E-state index in [2.05, 4.69) is 4.84 Å². The molecule has 0 heterocycles. The van der Waals surface area contributed by atoms with Crippen molar-refractivity contribution >= 4 is 11.8 Å². The first-order valence-corrected chi connectivity index (χ1v) is 3.29. The van der Waals surface area contributed by atoms with Gasteiger partial charge in [-0.25, -0.2) is 5.48 Å². The molecule has 66 valence electrons. The maximum atomic E-state index is 10.7. The third-order valence-electron chi connectivity index (χ3n) is 0.843. The Balaban J connectivity index is 3.64. The largest absolute Gasteiger partial charge is 0.335 e. The molecule has 0 saturated heterocycles. The Morgan fingerprint density at radius 2 is 2.17 bits per heavy atom. The average Bonchev–Trinajstić information content (AvgIpc) is 2.10. The Morgan fingerprint density at radius 3 is 2.67 bits per heavy atom. The zero-order valence-electron chi connectivity index (χ0n) is 6.59. The van der Waals surface area contributed by atoms with E-state index in [9.17, 15) is 9.59 Å². The minimum absolute atomic E-state index is 0.196. The summed E-state index contributed by atoms with van der Waals surface area (Å²) in [5, 5.41) is 10.1. The standard InChI is InChI=1S/C6H9N3O3/c1-2-12-9-6(11)5(10)8-4-3-7/h2,4H2,1H3,(H,8,10)(H,9,11). The zero-order valence-corrected chi connectivity index (χ0v) is 6.59. The highest BCUT2D eigenvalue weighted by Gasteiger charge is 2.11. The number of nitrogens with one attached hydrogen (secondary N) is 2. The SMILES string of the molecule is CCONC(=O)C(=O)NCC#N. The van der Waals surface area contributed by atoms with Crippen LogP contribution in [0.25, 0.3) is 0 Å². The molecule has 0 bridgehead atoms. The van der Waals surface area contributed by atoms with Gasteiger partial charge in [0.05, 0.1) is 12.7 Å². The van der Waals surface area contributed by atoms with E-state index < -0.39 is 11.8 Å². The average molecular weight is 171 g/mol. The predicted molar refractivity (Wildman–Crippen MR) is 38.4 cm³/mol. The van der Waals surface area contributed by atoms with Gasteiger partial charge in [-0.3, -0.25) is 14.4 Å². The van der Waals surface area contributed by atoms with Crippen LogP contribution in [0.1, 0.15) is 6.92 Å². The Kier molecular flexibility index (Phi) is 5.30. The number of rotatable bonds is 3. The van der Waals surface area contributed by atoms with E-state index in [1.807, 2.05) is 10.8 Å². The molecular formula is C6H9N3O3. The summed E-state index contributed by atoms with van der Waals surface area (Å²) in [6.45, 7) is 1.74. The molecule has 0 aromatic rings. The van der Waals surface area contributed by atoms with Gasteiger partial charge < -0.3 is 5.32 Å². The molecule has 0 aromatic carbocycles. The summed E-state index contributed by atoms with van der Waals surface area (Å²) in [6, 6.07) is 1.66. The fourth-order valence-electron chi connectivity index (χ4n) is 0.384. The van der Waals surface area contributed by atoms with Gasteiger partial charge >= 0.3 is 11.8 Å². The monoisotopic (exact) mass is 171 g/mol. The van der Waals surface area contributed by atoms with E-state index in [1.54, 1.807) is 13.0 Å². The molecule has 2 amide bonds. The first-order chi connectivity index (χ1) is 5.72. The van der Waals surface area contributed by atoms with Crippen LogP contribution >= 0.6 is 0 Å². The number of hydroxylamine groups is 1. The minimum Gasteiger partial charge on any atom is -0.335 e. The van der Waals surface area contributed by atoms with Crippen LogP contribution in [0.2, 0.25) is 0 Å².